The first kappa shape index (κ1) is 12.3. The molecule has 0 atom stereocenters. The van der Waals surface area contributed by atoms with E-state index < -0.39 is 6.10 Å². The molecule has 0 spiro atoms. The van der Waals surface area contributed by atoms with Gasteiger partial charge >= 0.3 is 0 Å². The van der Waals surface area contributed by atoms with Crippen LogP contribution >= 0.6 is 11.3 Å². The fourth-order valence-electron chi connectivity index (χ4n) is 2.18. The van der Waals surface area contributed by atoms with Crippen molar-refractivity contribution in [1.29, 1.82) is 0 Å². The summed E-state index contributed by atoms with van der Waals surface area (Å²) in [5.41, 5.74) is 0.543. The summed E-state index contributed by atoms with van der Waals surface area (Å²) in [7, 11) is 1.64. The maximum atomic E-state index is 12.2. The van der Waals surface area contributed by atoms with E-state index in [9.17, 15) is 14.7 Å². The number of nitrogens with zero attached hydrogens (tertiary/aromatic N) is 3. The Balaban J connectivity index is 2.11. The third kappa shape index (κ3) is 1.77. The van der Waals surface area contributed by atoms with E-state index in [1.165, 1.54) is 22.2 Å². The number of aliphatic hydroxyl groups excluding tert-OH is 1. The van der Waals surface area contributed by atoms with Gasteiger partial charge in [0.25, 0.3) is 11.5 Å². The minimum Gasteiger partial charge on any atom is -0.389 e. The van der Waals surface area contributed by atoms with Crippen molar-refractivity contribution in [2.45, 2.75) is 13.0 Å². The van der Waals surface area contributed by atoms with Crippen LogP contribution < -0.4 is 5.56 Å². The van der Waals surface area contributed by atoms with E-state index in [1.807, 2.05) is 0 Å². The number of aryl methyl sites for hydroxylation is 2. The number of rotatable bonds is 1. The molecule has 19 heavy (non-hydrogen) atoms. The maximum Gasteiger partial charge on any atom is 0.264 e. The Morgan fingerprint density at radius 3 is 2.84 bits per heavy atom. The molecule has 3 heterocycles. The minimum absolute atomic E-state index is 0.132. The molecule has 100 valence electrons. The van der Waals surface area contributed by atoms with Crippen LogP contribution in [0.3, 0.4) is 0 Å². The van der Waals surface area contributed by atoms with Gasteiger partial charge < -0.3 is 14.6 Å². The molecular formula is C12H13N3O3S. The van der Waals surface area contributed by atoms with Crippen LogP contribution in [0.5, 0.6) is 0 Å². The van der Waals surface area contributed by atoms with E-state index in [0.717, 1.165) is 0 Å². The van der Waals surface area contributed by atoms with Crippen molar-refractivity contribution < 1.29 is 9.90 Å². The highest BCUT2D eigenvalue weighted by Crippen LogP contribution is 2.29. The second kappa shape index (κ2) is 4.14. The molecule has 2 aromatic heterocycles. The van der Waals surface area contributed by atoms with E-state index in [0.29, 0.717) is 33.7 Å². The highest BCUT2D eigenvalue weighted by atomic mass is 32.1. The van der Waals surface area contributed by atoms with Crippen molar-refractivity contribution in [1.82, 2.24) is 14.5 Å². The molecule has 0 aromatic carbocycles. The zero-order valence-corrected chi connectivity index (χ0v) is 11.4. The Morgan fingerprint density at radius 1 is 1.53 bits per heavy atom. The number of likely N-dealkylation sites (tertiary alicyclic amines) is 1. The number of β-amino-alcohol motifs (C(OH)–C–C–N with tert-alkyl or cyclic N) is 1. The molecule has 6 nitrogen and oxygen atoms in total. The molecule has 1 amide bonds. The van der Waals surface area contributed by atoms with Gasteiger partial charge in [-0.15, -0.1) is 11.3 Å². The predicted octanol–water partition coefficient (Wildman–Crippen LogP) is 0.120. The van der Waals surface area contributed by atoms with Gasteiger partial charge in [0.1, 0.15) is 4.83 Å². The van der Waals surface area contributed by atoms with Crippen LogP contribution in [0, 0.1) is 6.92 Å². The third-order valence-electron chi connectivity index (χ3n) is 3.35. The van der Waals surface area contributed by atoms with Crippen LogP contribution in [0.4, 0.5) is 0 Å². The van der Waals surface area contributed by atoms with Gasteiger partial charge in [-0.25, -0.2) is 4.98 Å². The van der Waals surface area contributed by atoms with Crippen LogP contribution in [-0.2, 0) is 7.05 Å². The highest BCUT2D eigenvalue weighted by Gasteiger charge is 2.32. The Kier molecular flexibility index (Phi) is 2.68. The molecular weight excluding hydrogens is 266 g/mol. The second-order valence-corrected chi connectivity index (χ2v) is 5.76. The largest absolute Gasteiger partial charge is 0.389 e. The number of carbonyl (C=O) groups is 1. The van der Waals surface area contributed by atoms with Gasteiger partial charge in [0.05, 0.1) is 22.7 Å². The molecule has 2 aromatic rings. The van der Waals surface area contributed by atoms with Crippen LogP contribution in [0.2, 0.25) is 0 Å². The van der Waals surface area contributed by atoms with Gasteiger partial charge in [-0.3, -0.25) is 9.59 Å². The van der Waals surface area contributed by atoms with Gasteiger partial charge in [-0.05, 0) is 12.5 Å². The number of hydrogen-bond acceptors (Lipinski definition) is 5. The number of fused-ring (bicyclic) bond motifs is 1. The SMILES string of the molecule is Cc1c(C(=O)N2CC(O)C2)sc2ncn(C)c(=O)c12. The summed E-state index contributed by atoms with van der Waals surface area (Å²) < 4.78 is 1.41. The Labute approximate surface area is 112 Å². The smallest absolute Gasteiger partial charge is 0.264 e. The molecule has 0 unspecified atom stereocenters. The van der Waals surface area contributed by atoms with E-state index >= 15 is 0 Å². The standard InChI is InChI=1S/C12H13N3O3S/c1-6-8-10(13-5-14(2)11(8)17)19-9(6)12(18)15-3-7(16)4-15/h5,7,16H,3-4H2,1-2H3. The number of hydrogen-bond donors (Lipinski definition) is 1. The highest BCUT2D eigenvalue weighted by molar-refractivity contribution is 7.20. The van der Waals surface area contributed by atoms with Crippen molar-refractivity contribution in [2.75, 3.05) is 13.1 Å². The summed E-state index contributed by atoms with van der Waals surface area (Å²) in [6.45, 7) is 2.49. The van der Waals surface area contributed by atoms with Crippen LogP contribution in [0.15, 0.2) is 11.1 Å². The maximum absolute atomic E-state index is 12.2. The lowest BCUT2D eigenvalue weighted by molar-refractivity contribution is 0.00619. The van der Waals surface area contributed by atoms with Gasteiger partial charge in [0, 0.05) is 20.1 Å². The quantitative estimate of drug-likeness (QED) is 0.804. The first-order valence-electron chi connectivity index (χ1n) is 5.91. The molecule has 1 fully saturated rings. The fourth-order valence-corrected chi connectivity index (χ4v) is 3.28. The molecule has 7 heteroatoms. The molecule has 1 saturated heterocycles. The normalized spacial score (nSPS) is 15.8. The number of thiophene rings is 1. The summed E-state index contributed by atoms with van der Waals surface area (Å²) in [5.74, 6) is -0.132. The van der Waals surface area contributed by atoms with Gasteiger partial charge in [-0.1, -0.05) is 0 Å². The molecule has 0 saturated carbocycles. The lowest BCUT2D eigenvalue weighted by Gasteiger charge is -2.35. The van der Waals surface area contributed by atoms with Crippen molar-refractivity contribution in [3.8, 4) is 0 Å². The van der Waals surface area contributed by atoms with E-state index in [-0.39, 0.29) is 11.5 Å². The zero-order valence-electron chi connectivity index (χ0n) is 10.6. The van der Waals surface area contributed by atoms with Crippen molar-refractivity contribution in [2.24, 2.45) is 7.05 Å². The summed E-state index contributed by atoms with van der Waals surface area (Å²) in [6, 6.07) is 0. The first-order valence-corrected chi connectivity index (χ1v) is 6.72. The number of carbonyl (C=O) groups excluding carboxylic acids is 1. The fraction of sp³-hybridized carbons (Fsp3) is 0.417. The van der Waals surface area contributed by atoms with Gasteiger partial charge in [0.2, 0.25) is 0 Å². The van der Waals surface area contributed by atoms with Crippen LogP contribution in [0.25, 0.3) is 10.2 Å². The van der Waals surface area contributed by atoms with Crippen LogP contribution in [-0.4, -0.2) is 44.7 Å². The zero-order chi connectivity index (χ0) is 13.7. The lowest BCUT2D eigenvalue weighted by atomic mass is 10.1. The van der Waals surface area contributed by atoms with E-state index in [1.54, 1.807) is 18.9 Å². The van der Waals surface area contributed by atoms with E-state index in [2.05, 4.69) is 4.98 Å². The summed E-state index contributed by atoms with van der Waals surface area (Å²) in [4.78, 5) is 31.2. The number of aromatic nitrogens is 2. The predicted molar refractivity (Wildman–Crippen MR) is 71.5 cm³/mol. The number of aliphatic hydroxyl groups is 1. The van der Waals surface area contributed by atoms with Gasteiger partial charge in [0.15, 0.2) is 0 Å². The van der Waals surface area contributed by atoms with Crippen LogP contribution in [0.1, 0.15) is 15.2 Å². The topological polar surface area (TPSA) is 75.4 Å². The Hall–Kier alpha value is -1.73. The molecule has 1 aliphatic heterocycles. The lowest BCUT2D eigenvalue weighted by Crippen LogP contribution is -2.53. The summed E-state index contributed by atoms with van der Waals surface area (Å²) in [6.07, 6.45) is 1.03. The average molecular weight is 279 g/mol. The molecule has 0 aliphatic carbocycles. The summed E-state index contributed by atoms with van der Waals surface area (Å²) >= 11 is 1.24. The molecule has 1 N–H and O–H groups in total. The molecule has 1 aliphatic rings. The summed E-state index contributed by atoms with van der Waals surface area (Å²) in [5, 5.41) is 9.76. The third-order valence-corrected chi connectivity index (χ3v) is 4.54. The average Bonchev–Trinajstić information content (AvgIpc) is 2.67. The first-order chi connectivity index (χ1) is 8.99. The Morgan fingerprint density at radius 2 is 2.21 bits per heavy atom. The van der Waals surface area contributed by atoms with Crippen molar-refractivity contribution in [3.05, 3.63) is 27.1 Å². The van der Waals surface area contributed by atoms with E-state index in [4.69, 9.17) is 0 Å². The van der Waals surface area contributed by atoms with Crippen molar-refractivity contribution in [3.63, 3.8) is 0 Å². The van der Waals surface area contributed by atoms with Gasteiger partial charge in [-0.2, -0.15) is 0 Å². The minimum atomic E-state index is -0.426. The number of amides is 1. The molecule has 0 radical (unpaired) electrons. The second-order valence-electron chi connectivity index (χ2n) is 4.76. The molecule has 0 bridgehead atoms. The Bertz CT molecular complexity index is 728. The molecule has 3 rings (SSSR count). The van der Waals surface area contributed by atoms with Crippen molar-refractivity contribution >= 4 is 27.5 Å². The monoisotopic (exact) mass is 279 g/mol.